The summed E-state index contributed by atoms with van der Waals surface area (Å²) >= 11 is 5.13. The largest absolute Gasteiger partial charge is 0.389 e. The molecule has 3 nitrogen and oxygen atoms in total. The van der Waals surface area contributed by atoms with Crippen molar-refractivity contribution in [2.24, 2.45) is 11.7 Å². The lowest BCUT2D eigenvalue weighted by Gasteiger charge is -2.22. The second-order valence-corrected chi connectivity index (χ2v) is 6.30. The Hall–Kier alpha value is -1.13. The first-order valence-electron chi connectivity index (χ1n) is 7.43. The minimum atomic E-state index is 0.461. The molecular formula is C16H25N3S. The van der Waals surface area contributed by atoms with Gasteiger partial charge in [-0.15, -0.1) is 0 Å². The van der Waals surface area contributed by atoms with E-state index in [0.29, 0.717) is 10.9 Å². The molecule has 0 amide bonds. The molecule has 110 valence electrons. The lowest BCUT2D eigenvalue weighted by Crippen LogP contribution is -2.29. The Morgan fingerprint density at radius 1 is 1.40 bits per heavy atom. The van der Waals surface area contributed by atoms with E-state index in [9.17, 15) is 0 Å². The molecule has 0 bridgehead atoms. The summed E-state index contributed by atoms with van der Waals surface area (Å²) < 4.78 is 0. The summed E-state index contributed by atoms with van der Waals surface area (Å²) in [5.41, 5.74) is 9.05. The standard InChI is InChI=1S/C16H25N3S/c1-12(11-19-8-3-4-9-19)10-18-15-13(2)6-5-7-14(15)16(17)20/h5-7,12,18H,3-4,8-11H2,1-2H3,(H2,17,20). The van der Waals surface area contributed by atoms with Crippen molar-refractivity contribution in [3.63, 3.8) is 0 Å². The fraction of sp³-hybridized carbons (Fsp3) is 0.562. The van der Waals surface area contributed by atoms with E-state index in [1.54, 1.807) is 0 Å². The van der Waals surface area contributed by atoms with Gasteiger partial charge in [0, 0.05) is 24.3 Å². The molecule has 1 heterocycles. The predicted molar refractivity (Wildman–Crippen MR) is 90.4 cm³/mol. The van der Waals surface area contributed by atoms with E-state index in [-0.39, 0.29) is 0 Å². The van der Waals surface area contributed by atoms with Crippen molar-refractivity contribution in [2.45, 2.75) is 26.7 Å². The first-order valence-corrected chi connectivity index (χ1v) is 7.84. The monoisotopic (exact) mass is 291 g/mol. The number of anilines is 1. The van der Waals surface area contributed by atoms with Crippen LogP contribution in [0.2, 0.25) is 0 Å². The van der Waals surface area contributed by atoms with Crippen LogP contribution in [-0.2, 0) is 0 Å². The smallest absolute Gasteiger partial charge is 0.106 e. The maximum atomic E-state index is 5.81. The van der Waals surface area contributed by atoms with Crippen molar-refractivity contribution in [3.8, 4) is 0 Å². The van der Waals surface area contributed by atoms with Gasteiger partial charge in [-0.25, -0.2) is 0 Å². The van der Waals surface area contributed by atoms with Crippen LogP contribution in [-0.4, -0.2) is 36.1 Å². The van der Waals surface area contributed by atoms with Crippen molar-refractivity contribution in [3.05, 3.63) is 29.3 Å². The zero-order valence-corrected chi connectivity index (χ0v) is 13.3. The number of nitrogens with two attached hydrogens (primary N) is 1. The van der Waals surface area contributed by atoms with Crippen molar-refractivity contribution in [2.75, 3.05) is 31.5 Å². The van der Waals surface area contributed by atoms with Gasteiger partial charge in [-0.05, 0) is 50.4 Å². The van der Waals surface area contributed by atoms with Crippen LogP contribution in [0.3, 0.4) is 0 Å². The highest BCUT2D eigenvalue weighted by molar-refractivity contribution is 7.80. The van der Waals surface area contributed by atoms with E-state index in [1.165, 1.54) is 38.0 Å². The number of benzene rings is 1. The molecule has 1 atom stereocenters. The van der Waals surface area contributed by atoms with Crippen molar-refractivity contribution in [1.82, 2.24) is 4.90 Å². The number of rotatable bonds is 6. The van der Waals surface area contributed by atoms with E-state index in [1.807, 2.05) is 12.1 Å². The average Bonchev–Trinajstić information content (AvgIpc) is 2.89. The van der Waals surface area contributed by atoms with Crippen molar-refractivity contribution >= 4 is 22.9 Å². The second kappa shape index (κ2) is 7.04. The van der Waals surface area contributed by atoms with Crippen LogP contribution in [0.15, 0.2) is 18.2 Å². The molecule has 2 rings (SSSR count). The molecule has 4 heteroatoms. The number of nitrogens with zero attached hydrogens (tertiary/aromatic N) is 1. The fourth-order valence-corrected chi connectivity index (χ4v) is 3.02. The number of likely N-dealkylation sites (tertiary alicyclic amines) is 1. The van der Waals surface area contributed by atoms with E-state index >= 15 is 0 Å². The summed E-state index contributed by atoms with van der Waals surface area (Å²) in [5.74, 6) is 0.618. The molecular weight excluding hydrogens is 266 g/mol. The summed E-state index contributed by atoms with van der Waals surface area (Å²) in [4.78, 5) is 3.02. The molecule has 1 saturated heterocycles. The number of nitrogens with one attached hydrogen (secondary N) is 1. The van der Waals surface area contributed by atoms with Crippen LogP contribution in [0.5, 0.6) is 0 Å². The third kappa shape index (κ3) is 3.93. The lowest BCUT2D eigenvalue weighted by atomic mass is 10.1. The molecule has 1 aromatic rings. The Morgan fingerprint density at radius 2 is 2.10 bits per heavy atom. The highest BCUT2D eigenvalue weighted by Gasteiger charge is 2.15. The number of aryl methyl sites for hydroxylation is 1. The van der Waals surface area contributed by atoms with Gasteiger partial charge in [0.2, 0.25) is 0 Å². The quantitative estimate of drug-likeness (QED) is 0.791. The number of hydrogen-bond acceptors (Lipinski definition) is 3. The summed E-state index contributed by atoms with van der Waals surface area (Å²) in [6, 6.07) is 6.08. The van der Waals surface area contributed by atoms with Gasteiger partial charge in [0.1, 0.15) is 4.99 Å². The van der Waals surface area contributed by atoms with Crippen LogP contribution in [0, 0.1) is 12.8 Å². The highest BCUT2D eigenvalue weighted by Crippen LogP contribution is 2.21. The highest BCUT2D eigenvalue weighted by atomic mass is 32.1. The minimum absolute atomic E-state index is 0.461. The Balaban J connectivity index is 1.94. The van der Waals surface area contributed by atoms with Gasteiger partial charge < -0.3 is 16.0 Å². The maximum Gasteiger partial charge on any atom is 0.106 e. The Labute approximate surface area is 127 Å². The van der Waals surface area contributed by atoms with Gasteiger partial charge in [0.15, 0.2) is 0 Å². The Morgan fingerprint density at radius 3 is 2.75 bits per heavy atom. The van der Waals surface area contributed by atoms with E-state index < -0.39 is 0 Å². The van der Waals surface area contributed by atoms with Gasteiger partial charge >= 0.3 is 0 Å². The molecule has 3 N–H and O–H groups in total. The third-order valence-corrected chi connectivity index (χ3v) is 4.15. The summed E-state index contributed by atoms with van der Waals surface area (Å²) in [5, 5.41) is 3.54. The van der Waals surface area contributed by atoms with E-state index in [4.69, 9.17) is 18.0 Å². The van der Waals surface area contributed by atoms with Crippen LogP contribution in [0.1, 0.15) is 30.9 Å². The van der Waals surface area contributed by atoms with Crippen molar-refractivity contribution in [1.29, 1.82) is 0 Å². The summed E-state index contributed by atoms with van der Waals surface area (Å²) in [7, 11) is 0. The molecule has 1 aliphatic heterocycles. The topological polar surface area (TPSA) is 41.3 Å². The predicted octanol–water partition coefficient (Wildman–Crippen LogP) is 2.77. The lowest BCUT2D eigenvalue weighted by molar-refractivity contribution is 0.294. The van der Waals surface area contributed by atoms with Crippen LogP contribution in [0.4, 0.5) is 5.69 Å². The van der Waals surface area contributed by atoms with Crippen LogP contribution >= 0.6 is 12.2 Å². The second-order valence-electron chi connectivity index (χ2n) is 5.86. The SMILES string of the molecule is Cc1cccc(C(N)=S)c1NCC(C)CN1CCCC1. The summed E-state index contributed by atoms with van der Waals surface area (Å²) in [6.07, 6.45) is 2.70. The van der Waals surface area contributed by atoms with E-state index in [2.05, 4.69) is 30.1 Å². The molecule has 1 unspecified atom stereocenters. The van der Waals surface area contributed by atoms with Gasteiger partial charge in [-0.2, -0.15) is 0 Å². The summed E-state index contributed by atoms with van der Waals surface area (Å²) in [6.45, 7) is 9.03. The minimum Gasteiger partial charge on any atom is -0.389 e. The molecule has 1 aliphatic rings. The van der Waals surface area contributed by atoms with Crippen LogP contribution in [0.25, 0.3) is 0 Å². The maximum absolute atomic E-state index is 5.81. The fourth-order valence-electron chi connectivity index (χ4n) is 2.85. The molecule has 20 heavy (non-hydrogen) atoms. The Bertz CT molecular complexity index is 467. The Kier molecular flexibility index (Phi) is 5.38. The van der Waals surface area contributed by atoms with Gasteiger partial charge in [0.05, 0.1) is 0 Å². The van der Waals surface area contributed by atoms with Gasteiger partial charge in [-0.3, -0.25) is 0 Å². The zero-order chi connectivity index (χ0) is 14.5. The van der Waals surface area contributed by atoms with Crippen molar-refractivity contribution < 1.29 is 0 Å². The first-order chi connectivity index (χ1) is 9.58. The number of para-hydroxylation sites is 1. The number of thiocarbonyl (C=S) groups is 1. The van der Waals surface area contributed by atoms with Gasteiger partial charge in [0.25, 0.3) is 0 Å². The normalized spacial score (nSPS) is 17.1. The molecule has 0 spiro atoms. The molecule has 0 radical (unpaired) electrons. The molecule has 1 aromatic carbocycles. The number of hydrogen-bond donors (Lipinski definition) is 2. The molecule has 0 aromatic heterocycles. The average molecular weight is 291 g/mol. The van der Waals surface area contributed by atoms with Gasteiger partial charge in [-0.1, -0.05) is 31.3 Å². The first kappa shape index (κ1) is 15.3. The van der Waals surface area contributed by atoms with Crippen LogP contribution < -0.4 is 11.1 Å². The zero-order valence-electron chi connectivity index (χ0n) is 12.5. The molecule has 1 fully saturated rings. The van der Waals surface area contributed by atoms with E-state index in [0.717, 1.165) is 17.8 Å². The third-order valence-electron chi connectivity index (χ3n) is 3.93. The molecule has 0 aliphatic carbocycles. The molecule has 0 saturated carbocycles.